The highest BCUT2D eigenvalue weighted by atomic mass is 35.5. The fraction of sp³-hybridized carbons (Fsp3) is 0.250. The number of aryl methyl sites for hydroxylation is 1. The third-order valence-electron chi connectivity index (χ3n) is 2.48. The van der Waals surface area contributed by atoms with Gasteiger partial charge in [0.15, 0.2) is 0 Å². The quantitative estimate of drug-likeness (QED) is 0.797. The number of halogens is 3. The van der Waals surface area contributed by atoms with Crippen molar-refractivity contribution < 1.29 is 4.79 Å². The van der Waals surface area contributed by atoms with Crippen LogP contribution < -0.4 is 5.32 Å². The van der Waals surface area contributed by atoms with Crippen LogP contribution in [0.1, 0.15) is 12.7 Å². The van der Waals surface area contributed by atoms with Crippen molar-refractivity contribution >= 4 is 58.2 Å². The molecule has 1 heterocycles. The standard InChI is InChI=1S/C12H11Cl3N4OS/c1-5(21-12-16-6(2)18-19-12)11(20)17-10-8(14)3-7(13)4-9(10)15/h3-5H,1-2H3,(H,17,20)(H,16,18,19). The number of nitrogens with zero attached hydrogens (tertiary/aromatic N) is 2. The van der Waals surface area contributed by atoms with Crippen LogP contribution in [0.25, 0.3) is 0 Å². The second kappa shape index (κ2) is 6.87. The van der Waals surface area contributed by atoms with Crippen LogP contribution in [0.5, 0.6) is 0 Å². The summed E-state index contributed by atoms with van der Waals surface area (Å²) in [6.45, 7) is 3.53. The zero-order valence-corrected chi connectivity index (χ0v) is 14.2. The Labute approximate surface area is 140 Å². The first-order chi connectivity index (χ1) is 9.86. The molecular formula is C12H11Cl3N4OS. The third kappa shape index (κ3) is 4.26. The number of benzene rings is 1. The van der Waals surface area contributed by atoms with Crippen molar-refractivity contribution in [3.63, 3.8) is 0 Å². The lowest BCUT2D eigenvalue weighted by Gasteiger charge is -2.13. The summed E-state index contributed by atoms with van der Waals surface area (Å²) in [5, 5.41) is 10.4. The van der Waals surface area contributed by atoms with Gasteiger partial charge in [-0.1, -0.05) is 46.6 Å². The molecule has 1 aromatic heterocycles. The molecule has 0 bridgehead atoms. The van der Waals surface area contributed by atoms with E-state index >= 15 is 0 Å². The Balaban J connectivity index is 2.07. The van der Waals surface area contributed by atoms with Crippen LogP contribution in [0, 0.1) is 6.92 Å². The summed E-state index contributed by atoms with van der Waals surface area (Å²) in [5.41, 5.74) is 0.339. The van der Waals surface area contributed by atoms with Gasteiger partial charge in [-0.2, -0.15) is 0 Å². The summed E-state index contributed by atoms with van der Waals surface area (Å²) in [4.78, 5) is 16.3. The maximum absolute atomic E-state index is 12.2. The number of carbonyl (C=O) groups is 1. The summed E-state index contributed by atoms with van der Waals surface area (Å²) >= 11 is 19.1. The molecule has 0 spiro atoms. The lowest BCUT2D eigenvalue weighted by atomic mass is 10.3. The molecule has 0 saturated heterocycles. The Hall–Kier alpha value is -0.950. The molecule has 0 aliphatic heterocycles. The van der Waals surface area contributed by atoms with Gasteiger partial charge < -0.3 is 5.32 Å². The molecule has 5 nitrogen and oxygen atoms in total. The maximum atomic E-state index is 12.2. The van der Waals surface area contributed by atoms with Crippen LogP contribution in [0.3, 0.4) is 0 Å². The maximum Gasteiger partial charge on any atom is 0.237 e. The molecule has 0 saturated carbocycles. The Kier molecular flexibility index (Phi) is 5.37. The van der Waals surface area contributed by atoms with Crippen molar-refractivity contribution in [1.82, 2.24) is 15.2 Å². The van der Waals surface area contributed by atoms with Gasteiger partial charge in [-0.05, 0) is 26.0 Å². The number of anilines is 1. The largest absolute Gasteiger partial charge is 0.323 e. The molecule has 112 valence electrons. The molecule has 0 aliphatic carbocycles. The fourth-order valence-electron chi connectivity index (χ4n) is 1.47. The van der Waals surface area contributed by atoms with Crippen molar-refractivity contribution in [2.45, 2.75) is 24.3 Å². The molecule has 2 N–H and O–H groups in total. The average molecular weight is 366 g/mol. The summed E-state index contributed by atoms with van der Waals surface area (Å²) in [7, 11) is 0. The van der Waals surface area contributed by atoms with Crippen LogP contribution >= 0.6 is 46.6 Å². The van der Waals surface area contributed by atoms with E-state index in [1.165, 1.54) is 23.9 Å². The number of hydrogen-bond donors (Lipinski definition) is 2. The van der Waals surface area contributed by atoms with Gasteiger partial charge in [-0.3, -0.25) is 9.89 Å². The van der Waals surface area contributed by atoms with E-state index in [1.54, 1.807) is 13.8 Å². The zero-order valence-electron chi connectivity index (χ0n) is 11.1. The van der Waals surface area contributed by atoms with Gasteiger partial charge in [0.25, 0.3) is 0 Å². The highest BCUT2D eigenvalue weighted by Gasteiger charge is 2.19. The van der Waals surface area contributed by atoms with Gasteiger partial charge in [-0.15, -0.1) is 5.10 Å². The van der Waals surface area contributed by atoms with E-state index < -0.39 is 5.25 Å². The van der Waals surface area contributed by atoms with Gasteiger partial charge in [0.1, 0.15) is 5.82 Å². The molecule has 1 unspecified atom stereocenters. The smallest absolute Gasteiger partial charge is 0.237 e. The number of hydrogen-bond acceptors (Lipinski definition) is 4. The molecule has 1 atom stereocenters. The topological polar surface area (TPSA) is 70.7 Å². The number of carbonyl (C=O) groups excluding carboxylic acids is 1. The van der Waals surface area contributed by atoms with Crippen LogP contribution in [0.4, 0.5) is 5.69 Å². The molecule has 0 fully saturated rings. The van der Waals surface area contributed by atoms with Gasteiger partial charge in [0, 0.05) is 5.02 Å². The zero-order chi connectivity index (χ0) is 15.6. The Morgan fingerprint density at radius 1 is 1.33 bits per heavy atom. The normalized spacial score (nSPS) is 12.2. The Bertz CT molecular complexity index is 653. The predicted molar refractivity (Wildman–Crippen MR) is 86.5 cm³/mol. The number of aromatic nitrogens is 3. The Morgan fingerprint density at radius 2 is 1.95 bits per heavy atom. The number of thioether (sulfide) groups is 1. The van der Waals surface area contributed by atoms with Gasteiger partial charge in [-0.25, -0.2) is 4.98 Å². The Morgan fingerprint density at radius 3 is 2.48 bits per heavy atom. The van der Waals surface area contributed by atoms with E-state index in [9.17, 15) is 4.79 Å². The fourth-order valence-corrected chi connectivity index (χ4v) is 3.15. The lowest BCUT2D eigenvalue weighted by Crippen LogP contribution is -2.23. The molecular weight excluding hydrogens is 355 g/mol. The van der Waals surface area contributed by atoms with Crippen molar-refractivity contribution in [1.29, 1.82) is 0 Å². The number of H-pyrrole nitrogens is 1. The molecule has 21 heavy (non-hydrogen) atoms. The average Bonchev–Trinajstić information content (AvgIpc) is 2.78. The minimum absolute atomic E-state index is 0.256. The first-order valence-corrected chi connectivity index (χ1v) is 7.89. The van der Waals surface area contributed by atoms with E-state index in [0.29, 0.717) is 21.7 Å². The molecule has 1 amide bonds. The molecule has 0 radical (unpaired) electrons. The first kappa shape index (κ1) is 16.4. The molecule has 9 heteroatoms. The van der Waals surface area contributed by atoms with E-state index in [2.05, 4.69) is 20.5 Å². The van der Waals surface area contributed by atoms with Crippen molar-refractivity contribution in [2.24, 2.45) is 0 Å². The van der Waals surface area contributed by atoms with E-state index in [4.69, 9.17) is 34.8 Å². The monoisotopic (exact) mass is 364 g/mol. The van der Waals surface area contributed by atoms with E-state index in [-0.39, 0.29) is 16.0 Å². The van der Waals surface area contributed by atoms with Crippen LogP contribution in [-0.2, 0) is 4.79 Å². The third-order valence-corrected chi connectivity index (χ3v) is 4.26. The van der Waals surface area contributed by atoms with Crippen molar-refractivity contribution in [2.75, 3.05) is 5.32 Å². The number of nitrogens with one attached hydrogen (secondary N) is 2. The van der Waals surface area contributed by atoms with Crippen LogP contribution in [0.2, 0.25) is 15.1 Å². The number of rotatable bonds is 4. The van der Waals surface area contributed by atoms with Crippen LogP contribution in [0.15, 0.2) is 17.3 Å². The molecule has 1 aromatic carbocycles. The van der Waals surface area contributed by atoms with Crippen molar-refractivity contribution in [3.8, 4) is 0 Å². The van der Waals surface area contributed by atoms with Crippen LogP contribution in [-0.4, -0.2) is 26.3 Å². The highest BCUT2D eigenvalue weighted by molar-refractivity contribution is 8.00. The summed E-state index contributed by atoms with van der Waals surface area (Å²) in [5.74, 6) is 0.433. The second-order valence-corrected chi connectivity index (χ2v) is 6.76. The van der Waals surface area contributed by atoms with Gasteiger partial charge >= 0.3 is 0 Å². The van der Waals surface area contributed by atoms with Crippen molar-refractivity contribution in [3.05, 3.63) is 33.0 Å². The predicted octanol–water partition coefficient (Wildman–Crippen LogP) is 4.19. The number of aromatic amines is 1. The van der Waals surface area contributed by atoms with Gasteiger partial charge in [0.2, 0.25) is 11.1 Å². The molecule has 2 aromatic rings. The lowest BCUT2D eigenvalue weighted by molar-refractivity contribution is -0.115. The summed E-state index contributed by atoms with van der Waals surface area (Å²) in [6, 6.07) is 3.03. The van der Waals surface area contributed by atoms with Gasteiger partial charge in [0.05, 0.1) is 21.0 Å². The highest BCUT2D eigenvalue weighted by Crippen LogP contribution is 2.34. The molecule has 0 aliphatic rings. The minimum atomic E-state index is -0.414. The van der Waals surface area contributed by atoms with E-state index in [1.807, 2.05) is 0 Å². The SMILES string of the molecule is Cc1nc(SC(C)C(=O)Nc2c(Cl)cc(Cl)cc2Cl)n[nH]1. The molecule has 2 rings (SSSR count). The van der Waals surface area contributed by atoms with E-state index in [0.717, 1.165) is 0 Å². The summed E-state index contributed by atoms with van der Waals surface area (Å²) < 4.78 is 0. The first-order valence-electron chi connectivity index (χ1n) is 5.88. The second-order valence-electron chi connectivity index (χ2n) is 4.20. The number of amides is 1. The summed E-state index contributed by atoms with van der Waals surface area (Å²) in [6.07, 6.45) is 0. The minimum Gasteiger partial charge on any atom is -0.323 e.